The van der Waals surface area contributed by atoms with Crippen molar-refractivity contribution in [1.29, 1.82) is 0 Å². The van der Waals surface area contributed by atoms with Crippen molar-refractivity contribution in [3.63, 3.8) is 0 Å². The summed E-state index contributed by atoms with van der Waals surface area (Å²) in [4.78, 5) is 34.5. The normalized spacial score (nSPS) is 18.3. The predicted molar refractivity (Wildman–Crippen MR) is 74.2 cm³/mol. The zero-order valence-corrected chi connectivity index (χ0v) is 11.2. The van der Waals surface area contributed by atoms with E-state index in [4.69, 9.17) is 10.8 Å². The number of primary amides is 1. The van der Waals surface area contributed by atoms with E-state index in [2.05, 4.69) is 0 Å². The largest absolute Gasteiger partial charge is 0.477 e. The van der Waals surface area contributed by atoms with Crippen molar-refractivity contribution in [3.05, 3.63) is 33.9 Å². The summed E-state index contributed by atoms with van der Waals surface area (Å²) in [6.07, 6.45) is 2.31. The van der Waals surface area contributed by atoms with E-state index in [1.54, 1.807) is 4.90 Å². The number of nitrogens with two attached hydrogens (primary N) is 1. The summed E-state index contributed by atoms with van der Waals surface area (Å²) in [5, 5.41) is 19.9. The van der Waals surface area contributed by atoms with Gasteiger partial charge in [-0.15, -0.1) is 0 Å². The molecule has 1 aromatic carbocycles. The lowest BCUT2D eigenvalue weighted by Crippen LogP contribution is -2.47. The van der Waals surface area contributed by atoms with Gasteiger partial charge in [-0.3, -0.25) is 14.9 Å². The number of amides is 1. The topological polar surface area (TPSA) is 127 Å². The Morgan fingerprint density at radius 2 is 2.10 bits per heavy atom. The molecule has 0 bridgehead atoms. The molecular weight excluding hydrogens is 278 g/mol. The van der Waals surface area contributed by atoms with Crippen LogP contribution in [0.1, 0.15) is 29.6 Å². The van der Waals surface area contributed by atoms with Gasteiger partial charge < -0.3 is 15.7 Å². The van der Waals surface area contributed by atoms with Crippen molar-refractivity contribution < 1.29 is 19.6 Å². The van der Waals surface area contributed by atoms with Crippen LogP contribution in [0.5, 0.6) is 0 Å². The van der Waals surface area contributed by atoms with Gasteiger partial charge in [-0.25, -0.2) is 4.79 Å². The summed E-state index contributed by atoms with van der Waals surface area (Å²) in [6.45, 7) is 0.560. The summed E-state index contributed by atoms with van der Waals surface area (Å²) in [5.74, 6) is -1.86. The Labute approximate surface area is 120 Å². The molecule has 1 amide bonds. The predicted octanol–water partition coefficient (Wildman–Crippen LogP) is 1.14. The van der Waals surface area contributed by atoms with Gasteiger partial charge in [0, 0.05) is 18.3 Å². The number of anilines is 1. The number of carbonyl (C=O) groups excluding carboxylic acids is 1. The Hall–Kier alpha value is -2.64. The average molecular weight is 293 g/mol. The molecule has 21 heavy (non-hydrogen) atoms. The van der Waals surface area contributed by atoms with E-state index >= 15 is 0 Å². The summed E-state index contributed by atoms with van der Waals surface area (Å²) >= 11 is 0. The maximum Gasteiger partial charge on any atom is 0.342 e. The maximum absolute atomic E-state index is 11.5. The smallest absolute Gasteiger partial charge is 0.342 e. The molecule has 2 rings (SSSR count). The third-order valence-corrected chi connectivity index (χ3v) is 3.57. The highest BCUT2D eigenvalue weighted by Gasteiger charge is 2.29. The minimum Gasteiger partial charge on any atom is -0.477 e. The number of nitro groups is 1. The van der Waals surface area contributed by atoms with Gasteiger partial charge in [-0.1, -0.05) is 0 Å². The second kappa shape index (κ2) is 5.78. The van der Waals surface area contributed by atoms with Gasteiger partial charge >= 0.3 is 5.97 Å². The van der Waals surface area contributed by atoms with Crippen LogP contribution >= 0.6 is 0 Å². The number of nitrogens with zero attached hydrogens (tertiary/aromatic N) is 2. The van der Waals surface area contributed by atoms with Crippen LogP contribution < -0.4 is 10.6 Å². The summed E-state index contributed by atoms with van der Waals surface area (Å²) in [7, 11) is 0. The zero-order chi connectivity index (χ0) is 15.6. The number of carbonyl (C=O) groups is 2. The SMILES string of the molecule is NC(=O)C1CCCCN1c1ccc([N+](=O)[O-])c(C(=O)O)c1. The van der Waals surface area contributed by atoms with Gasteiger partial charge in [0.05, 0.1) is 4.92 Å². The van der Waals surface area contributed by atoms with E-state index < -0.39 is 34.1 Å². The van der Waals surface area contributed by atoms with E-state index in [1.165, 1.54) is 12.1 Å². The molecule has 1 heterocycles. The summed E-state index contributed by atoms with van der Waals surface area (Å²) in [5.41, 5.74) is 4.96. The lowest BCUT2D eigenvalue weighted by molar-refractivity contribution is -0.385. The number of rotatable bonds is 4. The van der Waals surface area contributed by atoms with Gasteiger partial charge in [0.15, 0.2) is 0 Å². The Bertz CT molecular complexity index is 601. The standard InChI is InChI=1S/C13H15N3O5/c14-12(17)11-3-1-2-6-15(11)8-4-5-10(16(20)21)9(7-8)13(18)19/h4-5,7,11H,1-3,6H2,(H2,14,17)(H,18,19). The quantitative estimate of drug-likeness (QED) is 0.633. The fraction of sp³-hybridized carbons (Fsp3) is 0.385. The molecule has 3 N–H and O–H groups in total. The van der Waals surface area contributed by atoms with Crippen LogP contribution in [0.25, 0.3) is 0 Å². The van der Waals surface area contributed by atoms with E-state index in [0.717, 1.165) is 18.9 Å². The highest BCUT2D eigenvalue weighted by Crippen LogP contribution is 2.29. The fourth-order valence-electron chi connectivity index (χ4n) is 2.57. The first kappa shape index (κ1) is 14.8. The first-order valence-corrected chi connectivity index (χ1v) is 6.49. The van der Waals surface area contributed by atoms with Crippen molar-refractivity contribution in [3.8, 4) is 0 Å². The number of hydrogen-bond acceptors (Lipinski definition) is 5. The highest BCUT2D eigenvalue weighted by molar-refractivity contribution is 5.94. The van der Waals surface area contributed by atoms with Crippen LogP contribution in [0.4, 0.5) is 11.4 Å². The van der Waals surface area contributed by atoms with Crippen molar-refractivity contribution >= 4 is 23.3 Å². The first-order valence-electron chi connectivity index (χ1n) is 6.49. The van der Waals surface area contributed by atoms with Gasteiger partial charge in [0.1, 0.15) is 11.6 Å². The summed E-state index contributed by atoms with van der Waals surface area (Å²) in [6, 6.07) is 3.31. The Morgan fingerprint density at radius 3 is 2.67 bits per heavy atom. The Morgan fingerprint density at radius 1 is 1.38 bits per heavy atom. The van der Waals surface area contributed by atoms with E-state index in [9.17, 15) is 19.7 Å². The number of nitro benzene ring substituents is 1. The van der Waals surface area contributed by atoms with Crippen molar-refractivity contribution in [1.82, 2.24) is 0 Å². The van der Waals surface area contributed by atoms with Crippen molar-refractivity contribution in [2.24, 2.45) is 5.73 Å². The molecule has 0 spiro atoms. The van der Waals surface area contributed by atoms with Crippen LogP contribution in [0, 0.1) is 10.1 Å². The van der Waals surface area contributed by atoms with E-state index in [1.807, 2.05) is 0 Å². The molecule has 0 aliphatic carbocycles. The second-order valence-corrected chi connectivity index (χ2v) is 4.87. The third kappa shape index (κ3) is 2.93. The van der Waals surface area contributed by atoms with E-state index in [0.29, 0.717) is 18.7 Å². The molecule has 8 nitrogen and oxygen atoms in total. The zero-order valence-electron chi connectivity index (χ0n) is 11.2. The molecule has 1 unspecified atom stereocenters. The molecule has 0 radical (unpaired) electrons. The molecule has 1 aliphatic rings. The first-order chi connectivity index (χ1) is 9.91. The number of piperidine rings is 1. The van der Waals surface area contributed by atoms with Crippen LogP contribution in [0.2, 0.25) is 0 Å². The number of benzene rings is 1. The lowest BCUT2D eigenvalue weighted by atomic mass is 10.00. The van der Waals surface area contributed by atoms with Gasteiger partial charge in [-0.2, -0.15) is 0 Å². The van der Waals surface area contributed by atoms with Gasteiger partial charge in [-0.05, 0) is 31.4 Å². The number of carboxylic acids is 1. The van der Waals surface area contributed by atoms with Crippen LogP contribution in [0.3, 0.4) is 0 Å². The Kier molecular flexibility index (Phi) is 4.06. The van der Waals surface area contributed by atoms with E-state index in [-0.39, 0.29) is 0 Å². The molecule has 1 aliphatic heterocycles. The molecule has 8 heteroatoms. The molecule has 1 fully saturated rings. The molecular formula is C13H15N3O5. The number of carboxylic acid groups (broad SMARTS) is 1. The number of hydrogen-bond donors (Lipinski definition) is 2. The lowest BCUT2D eigenvalue weighted by Gasteiger charge is -2.35. The molecule has 1 atom stereocenters. The van der Waals surface area contributed by atoms with Gasteiger partial charge in [0.25, 0.3) is 5.69 Å². The molecule has 0 aromatic heterocycles. The van der Waals surface area contributed by atoms with Gasteiger partial charge in [0.2, 0.25) is 5.91 Å². The number of aromatic carboxylic acids is 1. The van der Waals surface area contributed by atoms with Crippen LogP contribution in [-0.2, 0) is 4.79 Å². The minimum absolute atomic E-state index is 0.397. The third-order valence-electron chi connectivity index (χ3n) is 3.57. The van der Waals surface area contributed by atoms with Crippen molar-refractivity contribution in [2.75, 3.05) is 11.4 Å². The second-order valence-electron chi connectivity index (χ2n) is 4.87. The highest BCUT2D eigenvalue weighted by atomic mass is 16.6. The fourth-order valence-corrected chi connectivity index (χ4v) is 2.57. The average Bonchev–Trinajstić information content (AvgIpc) is 2.46. The van der Waals surface area contributed by atoms with Crippen molar-refractivity contribution in [2.45, 2.75) is 25.3 Å². The Balaban J connectivity index is 2.43. The minimum atomic E-state index is -1.38. The van der Waals surface area contributed by atoms with Crippen LogP contribution in [-0.4, -0.2) is 34.5 Å². The molecule has 1 saturated heterocycles. The molecule has 0 saturated carbocycles. The van der Waals surface area contributed by atoms with Crippen LogP contribution in [0.15, 0.2) is 18.2 Å². The molecule has 1 aromatic rings. The maximum atomic E-state index is 11.5. The summed E-state index contributed by atoms with van der Waals surface area (Å²) < 4.78 is 0. The monoisotopic (exact) mass is 293 g/mol. The molecule has 112 valence electrons.